The molecule has 0 saturated heterocycles. The zero-order valence-electron chi connectivity index (χ0n) is 15.0. The van der Waals surface area contributed by atoms with Crippen LogP contribution >= 0.6 is 0 Å². The largest absolute Gasteiger partial charge is 0.349 e. The molecule has 1 heterocycles. The van der Waals surface area contributed by atoms with Gasteiger partial charge < -0.3 is 11.1 Å². The highest BCUT2D eigenvalue weighted by Crippen LogP contribution is 2.18. The van der Waals surface area contributed by atoms with Gasteiger partial charge in [-0.25, -0.2) is 4.98 Å². The SMILES string of the molecule is CC(C)c1ccc([C@@H](N)CNC(=O)c2cnc3c(n2)CCCC3)cc1. The second-order valence-corrected chi connectivity index (χ2v) is 6.99. The van der Waals surface area contributed by atoms with E-state index in [-0.39, 0.29) is 11.9 Å². The fraction of sp³-hybridized carbons (Fsp3) is 0.450. The van der Waals surface area contributed by atoms with E-state index in [0.29, 0.717) is 18.2 Å². The number of nitrogens with two attached hydrogens (primary N) is 1. The molecule has 1 aliphatic carbocycles. The molecule has 0 aliphatic heterocycles. The van der Waals surface area contributed by atoms with Crippen molar-refractivity contribution in [3.8, 4) is 0 Å². The average Bonchev–Trinajstić information content (AvgIpc) is 2.65. The molecule has 2 aromatic rings. The number of aromatic nitrogens is 2. The maximum absolute atomic E-state index is 12.3. The van der Waals surface area contributed by atoms with Gasteiger partial charge in [0.15, 0.2) is 0 Å². The standard InChI is InChI=1S/C20H26N4O/c1-13(2)14-7-9-15(10-8-14)16(21)11-23-20(25)19-12-22-17-5-3-4-6-18(17)24-19/h7-10,12-13,16H,3-6,11,21H2,1-2H3,(H,23,25)/t16-/m0/s1. The minimum Gasteiger partial charge on any atom is -0.349 e. The summed E-state index contributed by atoms with van der Waals surface area (Å²) >= 11 is 0. The van der Waals surface area contributed by atoms with Crippen molar-refractivity contribution in [2.75, 3.05) is 6.54 Å². The van der Waals surface area contributed by atoms with Gasteiger partial charge in [-0.15, -0.1) is 0 Å². The third-order valence-electron chi connectivity index (χ3n) is 4.75. The van der Waals surface area contributed by atoms with Crippen LogP contribution in [0, 0.1) is 0 Å². The Kier molecular flexibility index (Phi) is 5.43. The highest BCUT2D eigenvalue weighted by molar-refractivity contribution is 5.92. The van der Waals surface area contributed by atoms with Crippen LogP contribution in [0.3, 0.4) is 0 Å². The number of amides is 1. The number of hydrogen-bond donors (Lipinski definition) is 2. The van der Waals surface area contributed by atoms with Crippen molar-refractivity contribution >= 4 is 5.91 Å². The van der Waals surface area contributed by atoms with E-state index in [9.17, 15) is 4.79 Å². The van der Waals surface area contributed by atoms with Crippen LogP contribution in [0.2, 0.25) is 0 Å². The van der Waals surface area contributed by atoms with Gasteiger partial charge in [-0.1, -0.05) is 38.1 Å². The van der Waals surface area contributed by atoms with Crippen LogP contribution in [-0.2, 0) is 12.8 Å². The van der Waals surface area contributed by atoms with E-state index in [1.54, 1.807) is 6.20 Å². The number of aryl methyl sites for hydroxylation is 2. The third-order valence-corrected chi connectivity index (χ3v) is 4.75. The first kappa shape index (κ1) is 17.5. The minimum atomic E-state index is -0.240. The summed E-state index contributed by atoms with van der Waals surface area (Å²) < 4.78 is 0. The lowest BCUT2D eigenvalue weighted by Gasteiger charge is -2.16. The lowest BCUT2D eigenvalue weighted by atomic mass is 9.99. The van der Waals surface area contributed by atoms with Crippen molar-refractivity contribution in [3.63, 3.8) is 0 Å². The fourth-order valence-electron chi connectivity index (χ4n) is 3.09. The third kappa shape index (κ3) is 4.23. The van der Waals surface area contributed by atoms with E-state index in [2.05, 4.69) is 41.3 Å². The molecule has 132 valence electrons. The zero-order valence-corrected chi connectivity index (χ0v) is 15.0. The molecule has 1 atom stereocenters. The predicted molar refractivity (Wildman–Crippen MR) is 98.5 cm³/mol. The molecule has 0 fully saturated rings. The molecule has 3 rings (SSSR count). The van der Waals surface area contributed by atoms with Crippen LogP contribution in [0.5, 0.6) is 0 Å². The van der Waals surface area contributed by atoms with E-state index >= 15 is 0 Å². The molecule has 5 nitrogen and oxygen atoms in total. The Morgan fingerprint density at radius 2 is 1.76 bits per heavy atom. The number of nitrogens with one attached hydrogen (secondary N) is 1. The lowest BCUT2D eigenvalue weighted by molar-refractivity contribution is 0.0945. The van der Waals surface area contributed by atoms with Crippen LogP contribution in [0.25, 0.3) is 0 Å². The first-order valence-electron chi connectivity index (χ1n) is 9.03. The van der Waals surface area contributed by atoms with Gasteiger partial charge in [0, 0.05) is 12.6 Å². The van der Waals surface area contributed by atoms with Crippen LogP contribution in [0.1, 0.15) is 71.7 Å². The molecule has 0 radical (unpaired) electrons. The maximum Gasteiger partial charge on any atom is 0.271 e. The predicted octanol–water partition coefficient (Wildman–Crippen LogP) is 2.91. The second-order valence-electron chi connectivity index (χ2n) is 6.99. The Morgan fingerprint density at radius 3 is 2.44 bits per heavy atom. The van der Waals surface area contributed by atoms with Crippen molar-refractivity contribution in [2.45, 2.75) is 51.5 Å². The highest BCUT2D eigenvalue weighted by Gasteiger charge is 2.16. The van der Waals surface area contributed by atoms with Gasteiger partial charge in [0.05, 0.1) is 17.6 Å². The molecule has 25 heavy (non-hydrogen) atoms. The first-order valence-corrected chi connectivity index (χ1v) is 9.03. The molecule has 1 aliphatic rings. The summed E-state index contributed by atoms with van der Waals surface area (Å²) in [6.45, 7) is 4.70. The molecule has 5 heteroatoms. The summed E-state index contributed by atoms with van der Waals surface area (Å²) in [5.41, 5.74) is 10.9. The van der Waals surface area contributed by atoms with Gasteiger partial charge in [0.1, 0.15) is 5.69 Å². The topological polar surface area (TPSA) is 80.9 Å². The Bertz CT molecular complexity index is 740. The van der Waals surface area contributed by atoms with Gasteiger partial charge in [0.2, 0.25) is 0 Å². The van der Waals surface area contributed by atoms with Gasteiger partial charge >= 0.3 is 0 Å². The molecule has 0 bridgehead atoms. The van der Waals surface area contributed by atoms with Gasteiger partial charge in [-0.2, -0.15) is 0 Å². The normalized spacial score (nSPS) is 14.9. The highest BCUT2D eigenvalue weighted by atomic mass is 16.1. The average molecular weight is 338 g/mol. The summed E-state index contributed by atoms with van der Waals surface area (Å²) in [5.74, 6) is 0.280. The van der Waals surface area contributed by atoms with Crippen molar-refractivity contribution in [1.29, 1.82) is 0 Å². The quantitative estimate of drug-likeness (QED) is 0.878. The van der Waals surface area contributed by atoms with Crippen LogP contribution < -0.4 is 11.1 Å². The van der Waals surface area contributed by atoms with E-state index in [1.807, 2.05) is 12.1 Å². The van der Waals surface area contributed by atoms with Crippen LogP contribution in [0.4, 0.5) is 0 Å². The molecular weight excluding hydrogens is 312 g/mol. The summed E-state index contributed by atoms with van der Waals surface area (Å²) in [7, 11) is 0. The summed E-state index contributed by atoms with van der Waals surface area (Å²) in [4.78, 5) is 21.2. The molecule has 1 amide bonds. The number of carbonyl (C=O) groups is 1. The van der Waals surface area contributed by atoms with E-state index in [0.717, 1.165) is 42.6 Å². The molecule has 0 unspecified atom stereocenters. The van der Waals surface area contributed by atoms with Crippen LogP contribution in [0.15, 0.2) is 30.5 Å². The maximum atomic E-state index is 12.3. The monoisotopic (exact) mass is 338 g/mol. The minimum absolute atomic E-state index is 0.213. The smallest absolute Gasteiger partial charge is 0.271 e. The summed E-state index contributed by atoms with van der Waals surface area (Å²) in [5, 5.41) is 2.87. The van der Waals surface area contributed by atoms with Crippen molar-refractivity contribution in [3.05, 3.63) is 58.7 Å². The van der Waals surface area contributed by atoms with Gasteiger partial charge in [-0.3, -0.25) is 9.78 Å². The second kappa shape index (κ2) is 7.74. The molecular formula is C20H26N4O. The van der Waals surface area contributed by atoms with Crippen molar-refractivity contribution in [1.82, 2.24) is 15.3 Å². The van der Waals surface area contributed by atoms with Crippen LogP contribution in [-0.4, -0.2) is 22.4 Å². The number of benzene rings is 1. The van der Waals surface area contributed by atoms with Crippen molar-refractivity contribution in [2.24, 2.45) is 5.73 Å². The molecule has 3 N–H and O–H groups in total. The van der Waals surface area contributed by atoms with E-state index in [1.165, 1.54) is 5.56 Å². The van der Waals surface area contributed by atoms with Gasteiger partial charge in [0.25, 0.3) is 5.91 Å². The number of nitrogens with zero attached hydrogens (tertiary/aromatic N) is 2. The number of fused-ring (bicyclic) bond motifs is 1. The Morgan fingerprint density at radius 1 is 1.12 bits per heavy atom. The summed E-state index contributed by atoms with van der Waals surface area (Å²) in [6.07, 6.45) is 5.71. The number of carbonyl (C=O) groups excluding carboxylic acids is 1. The molecule has 1 aromatic carbocycles. The Labute approximate surface area is 149 Å². The van der Waals surface area contributed by atoms with E-state index in [4.69, 9.17) is 5.73 Å². The number of hydrogen-bond acceptors (Lipinski definition) is 4. The lowest BCUT2D eigenvalue weighted by Crippen LogP contribution is -2.32. The number of rotatable bonds is 5. The molecule has 1 aromatic heterocycles. The fourth-order valence-corrected chi connectivity index (χ4v) is 3.09. The molecule has 0 spiro atoms. The first-order chi connectivity index (χ1) is 12.0. The Balaban J connectivity index is 1.59. The van der Waals surface area contributed by atoms with Crippen molar-refractivity contribution < 1.29 is 4.79 Å². The molecule has 0 saturated carbocycles. The zero-order chi connectivity index (χ0) is 17.8. The van der Waals surface area contributed by atoms with E-state index < -0.39 is 0 Å². The Hall–Kier alpha value is -2.27. The van der Waals surface area contributed by atoms with Gasteiger partial charge in [-0.05, 0) is 42.7 Å². The summed E-state index contributed by atoms with van der Waals surface area (Å²) in [6, 6.07) is 8.01.